The lowest BCUT2D eigenvalue weighted by atomic mass is 9.94. The second-order valence-electron chi connectivity index (χ2n) is 10.1. The molecule has 2 amide bonds. The summed E-state index contributed by atoms with van der Waals surface area (Å²) in [5.41, 5.74) is -1.04. The molecule has 1 aliphatic rings. The molecule has 1 aromatic carbocycles. The van der Waals surface area contributed by atoms with E-state index >= 15 is 0 Å². The molecule has 4 N–H and O–H groups in total. The topological polar surface area (TPSA) is 134 Å². The van der Waals surface area contributed by atoms with Gasteiger partial charge in [-0.1, -0.05) is 11.8 Å². The molecule has 0 saturated heterocycles. The van der Waals surface area contributed by atoms with E-state index in [4.69, 9.17) is 9.47 Å². The molecule has 0 bridgehead atoms. The van der Waals surface area contributed by atoms with Crippen LogP contribution >= 0.6 is 0 Å². The molecule has 0 spiro atoms. The van der Waals surface area contributed by atoms with Crippen molar-refractivity contribution < 1.29 is 34.1 Å². The quantitative estimate of drug-likeness (QED) is 0.330. The monoisotopic (exact) mass is 498 g/mol. The molecule has 1 aliphatic carbocycles. The Morgan fingerprint density at radius 1 is 1.00 bits per heavy atom. The minimum Gasteiger partial charge on any atom is -0.467 e. The third-order valence-corrected chi connectivity index (χ3v) is 5.67. The number of hydrogen-bond donors (Lipinski definition) is 4. The summed E-state index contributed by atoms with van der Waals surface area (Å²) >= 11 is 0. The van der Waals surface area contributed by atoms with Gasteiger partial charge in [-0.25, -0.2) is 9.59 Å². The third kappa shape index (κ3) is 8.01. The molecular weight excluding hydrogens is 464 g/mol. The van der Waals surface area contributed by atoms with Crippen LogP contribution in [0.15, 0.2) is 24.3 Å². The van der Waals surface area contributed by atoms with Gasteiger partial charge in [-0.2, -0.15) is 0 Å². The van der Waals surface area contributed by atoms with Gasteiger partial charge in [0.25, 0.3) is 5.91 Å². The largest absolute Gasteiger partial charge is 0.467 e. The van der Waals surface area contributed by atoms with Crippen LogP contribution in [0.1, 0.15) is 50.5 Å². The molecule has 2 rings (SSSR count). The van der Waals surface area contributed by atoms with Crippen LogP contribution in [0.4, 0.5) is 4.79 Å². The van der Waals surface area contributed by atoms with E-state index in [0.29, 0.717) is 5.56 Å². The minimum atomic E-state index is -1.22. The van der Waals surface area contributed by atoms with Crippen LogP contribution in [-0.2, 0) is 14.3 Å². The van der Waals surface area contributed by atoms with Gasteiger partial charge in [0, 0.05) is 42.1 Å². The maximum atomic E-state index is 12.8. The number of carbonyl (C=O) groups excluding carboxylic acids is 3. The Balaban J connectivity index is 2.06. The molecule has 9 heteroatoms. The Labute approximate surface area is 211 Å². The van der Waals surface area contributed by atoms with Crippen LogP contribution in [0.5, 0.6) is 0 Å². The van der Waals surface area contributed by atoms with Crippen molar-refractivity contribution in [2.45, 2.75) is 51.8 Å². The summed E-state index contributed by atoms with van der Waals surface area (Å²) in [6.45, 7) is 8.28. The van der Waals surface area contributed by atoms with Gasteiger partial charge in [0.1, 0.15) is 11.6 Å². The van der Waals surface area contributed by atoms with Crippen LogP contribution in [0.2, 0.25) is 0 Å². The maximum Gasteiger partial charge on any atom is 0.408 e. The Kier molecular flexibility index (Phi) is 9.52. The number of hydrogen-bond acceptors (Lipinski definition) is 7. The van der Waals surface area contributed by atoms with Crippen molar-refractivity contribution in [1.29, 1.82) is 0 Å². The second kappa shape index (κ2) is 11.9. The van der Waals surface area contributed by atoms with Gasteiger partial charge >= 0.3 is 12.1 Å². The highest BCUT2D eigenvalue weighted by molar-refractivity contribution is 5.97. The average Bonchev–Trinajstić information content (AvgIpc) is 3.49. The van der Waals surface area contributed by atoms with Crippen molar-refractivity contribution in [3.05, 3.63) is 35.4 Å². The van der Waals surface area contributed by atoms with Crippen molar-refractivity contribution in [3.8, 4) is 23.7 Å². The number of aliphatic hydroxyl groups is 2. The lowest BCUT2D eigenvalue weighted by Gasteiger charge is -2.34. The molecule has 0 aromatic heterocycles. The molecule has 1 saturated carbocycles. The van der Waals surface area contributed by atoms with Gasteiger partial charge in [-0.15, -0.1) is 0 Å². The van der Waals surface area contributed by atoms with Crippen LogP contribution in [0, 0.1) is 41.4 Å². The van der Waals surface area contributed by atoms with E-state index in [0.717, 1.165) is 0 Å². The number of ether oxygens (including phenoxy) is 2. The number of amides is 2. The van der Waals surface area contributed by atoms with Crippen LogP contribution in [-0.4, -0.2) is 65.7 Å². The predicted octanol–water partition coefficient (Wildman–Crippen LogP) is 1.46. The summed E-state index contributed by atoms with van der Waals surface area (Å²) in [5.74, 6) is 9.99. The van der Waals surface area contributed by atoms with Crippen molar-refractivity contribution in [1.82, 2.24) is 10.6 Å². The number of nitrogens with one attached hydrogen (secondary N) is 2. The molecule has 3 atom stereocenters. The first-order valence-corrected chi connectivity index (χ1v) is 11.6. The second-order valence-corrected chi connectivity index (χ2v) is 10.1. The molecule has 1 aromatic rings. The van der Waals surface area contributed by atoms with Gasteiger partial charge < -0.3 is 30.3 Å². The molecule has 2 unspecified atom stereocenters. The Morgan fingerprint density at radius 2 is 1.58 bits per heavy atom. The number of aliphatic hydroxyl groups excluding tert-OH is 2. The highest BCUT2D eigenvalue weighted by atomic mass is 16.6. The summed E-state index contributed by atoms with van der Waals surface area (Å²) in [4.78, 5) is 37.5. The minimum absolute atomic E-state index is 0.000208. The Morgan fingerprint density at radius 3 is 2.08 bits per heavy atom. The zero-order valence-corrected chi connectivity index (χ0v) is 21.5. The number of esters is 1. The fraction of sp³-hybridized carbons (Fsp3) is 0.519. The molecule has 0 radical (unpaired) electrons. The average molecular weight is 499 g/mol. The predicted molar refractivity (Wildman–Crippen MR) is 132 cm³/mol. The lowest BCUT2D eigenvalue weighted by Crippen LogP contribution is -2.62. The van der Waals surface area contributed by atoms with E-state index in [1.54, 1.807) is 58.9 Å². The van der Waals surface area contributed by atoms with E-state index in [1.165, 1.54) is 7.11 Å². The zero-order chi connectivity index (χ0) is 27.1. The van der Waals surface area contributed by atoms with Gasteiger partial charge in [-0.05, 0) is 70.7 Å². The molecule has 0 heterocycles. The SMILES string of the molecule is COC(=O)[C@@H](NC(=O)c1ccc(C#CC#CC2C(CO)C2CO)cc1)C(C)(C)NC(=O)OC(C)(C)C. The fourth-order valence-corrected chi connectivity index (χ4v) is 3.59. The summed E-state index contributed by atoms with van der Waals surface area (Å²) in [5, 5.41) is 23.6. The molecule has 9 nitrogen and oxygen atoms in total. The van der Waals surface area contributed by atoms with Crippen molar-refractivity contribution in [3.63, 3.8) is 0 Å². The van der Waals surface area contributed by atoms with E-state index in [9.17, 15) is 24.6 Å². The van der Waals surface area contributed by atoms with Gasteiger partial charge in [0.2, 0.25) is 0 Å². The van der Waals surface area contributed by atoms with Crippen molar-refractivity contribution in [2.24, 2.45) is 17.8 Å². The molecule has 0 aliphatic heterocycles. The maximum absolute atomic E-state index is 12.8. The summed E-state index contributed by atoms with van der Waals surface area (Å²) in [6, 6.07) is 5.21. The van der Waals surface area contributed by atoms with Crippen molar-refractivity contribution >= 4 is 18.0 Å². The summed E-state index contributed by atoms with van der Waals surface area (Å²) in [6.07, 6.45) is -0.734. The van der Waals surface area contributed by atoms with E-state index < -0.39 is 35.2 Å². The molecule has 36 heavy (non-hydrogen) atoms. The first-order chi connectivity index (χ1) is 16.8. The van der Waals surface area contributed by atoms with E-state index in [1.807, 2.05) is 0 Å². The van der Waals surface area contributed by atoms with Gasteiger partial charge in [0.05, 0.1) is 12.6 Å². The van der Waals surface area contributed by atoms with Crippen LogP contribution in [0.3, 0.4) is 0 Å². The van der Waals surface area contributed by atoms with Crippen molar-refractivity contribution in [2.75, 3.05) is 20.3 Å². The first-order valence-electron chi connectivity index (χ1n) is 11.6. The normalized spacial score (nSPS) is 19.4. The molecule has 1 fully saturated rings. The Hall–Kier alpha value is -3.53. The lowest BCUT2D eigenvalue weighted by molar-refractivity contribution is -0.144. The fourth-order valence-electron chi connectivity index (χ4n) is 3.59. The van der Waals surface area contributed by atoms with Crippen LogP contribution < -0.4 is 10.6 Å². The number of carbonyl (C=O) groups is 3. The number of methoxy groups -OCH3 is 1. The summed E-state index contributed by atoms with van der Waals surface area (Å²) in [7, 11) is 1.19. The smallest absolute Gasteiger partial charge is 0.408 e. The highest BCUT2D eigenvalue weighted by Crippen LogP contribution is 2.44. The number of alkyl carbamates (subject to hydrolysis) is 1. The molecular formula is C27H34N2O7. The summed E-state index contributed by atoms with van der Waals surface area (Å²) < 4.78 is 10.1. The van der Waals surface area contributed by atoms with E-state index in [2.05, 4.69) is 34.3 Å². The molecule has 194 valence electrons. The number of rotatable bonds is 7. The third-order valence-electron chi connectivity index (χ3n) is 5.67. The first kappa shape index (κ1) is 28.7. The standard InChI is InChI=1S/C27H34N2O7/c1-26(2,3)36-25(34)29-27(4,5)22(24(33)35-6)28-23(32)18-13-11-17(12-14-18)9-7-8-10-19-20(15-30)21(19)16-31/h11-14,19-22,30-31H,15-16H2,1-6H3,(H,28,32)(H,29,34)/t19?,20?,21?,22-/m1/s1. The number of benzene rings is 1. The van der Waals surface area contributed by atoms with E-state index in [-0.39, 0.29) is 36.5 Å². The zero-order valence-electron chi connectivity index (χ0n) is 21.5. The van der Waals surface area contributed by atoms with Gasteiger partial charge in [0.15, 0.2) is 0 Å². The van der Waals surface area contributed by atoms with Crippen LogP contribution in [0.25, 0.3) is 0 Å². The highest BCUT2D eigenvalue weighted by Gasteiger charge is 2.48. The van der Waals surface area contributed by atoms with Gasteiger partial charge in [-0.3, -0.25) is 4.79 Å². The Bertz CT molecular complexity index is 1070.